The maximum Gasteiger partial charge on any atom is 0.264 e. The summed E-state index contributed by atoms with van der Waals surface area (Å²) in [6.07, 6.45) is 0.552. The zero-order valence-electron chi connectivity index (χ0n) is 14.9. The molecule has 148 valence electrons. The molecule has 5 amide bonds. The van der Waals surface area contributed by atoms with E-state index in [1.807, 2.05) is 0 Å². The number of anilines is 1. The van der Waals surface area contributed by atoms with Gasteiger partial charge in [-0.3, -0.25) is 34.2 Å². The van der Waals surface area contributed by atoms with Crippen LogP contribution >= 0.6 is 15.9 Å². The molecule has 0 saturated carbocycles. The van der Waals surface area contributed by atoms with Crippen LogP contribution in [0.4, 0.5) is 5.69 Å². The van der Waals surface area contributed by atoms with Crippen LogP contribution in [-0.2, 0) is 14.4 Å². The molecule has 3 N–H and O–H groups in total. The van der Waals surface area contributed by atoms with Crippen LogP contribution in [0.25, 0.3) is 0 Å². The van der Waals surface area contributed by atoms with Crippen molar-refractivity contribution < 1.29 is 24.0 Å². The number of amides is 5. The van der Waals surface area contributed by atoms with Crippen LogP contribution in [0, 0.1) is 0 Å². The van der Waals surface area contributed by atoms with Crippen LogP contribution in [0.3, 0.4) is 0 Å². The molecule has 2 aliphatic rings. The number of piperidine rings is 1. The van der Waals surface area contributed by atoms with Gasteiger partial charge < -0.3 is 10.6 Å². The molecule has 1 fully saturated rings. The highest BCUT2D eigenvalue weighted by Crippen LogP contribution is 2.32. The molecule has 0 aromatic heterocycles. The maximum atomic E-state index is 12.9. The molecule has 1 aromatic rings. The van der Waals surface area contributed by atoms with Crippen LogP contribution in [-0.4, -0.2) is 58.9 Å². The molecular formula is C18H19BrN4O5. The van der Waals surface area contributed by atoms with E-state index in [9.17, 15) is 24.0 Å². The molecular weight excluding hydrogens is 432 g/mol. The van der Waals surface area contributed by atoms with Gasteiger partial charge in [0.2, 0.25) is 17.7 Å². The van der Waals surface area contributed by atoms with Gasteiger partial charge in [0.25, 0.3) is 11.8 Å². The molecule has 1 atom stereocenters. The molecule has 1 unspecified atom stereocenters. The SMILES string of the molecule is O=C(CCBr)NCCNc1cccc2c1C(=O)N(C1CCC(=O)NC1=O)C2=O. The summed E-state index contributed by atoms with van der Waals surface area (Å²) >= 11 is 3.19. The second-order valence-electron chi connectivity index (χ2n) is 6.39. The molecule has 0 spiro atoms. The first-order valence-electron chi connectivity index (χ1n) is 8.85. The fourth-order valence-electron chi connectivity index (χ4n) is 3.24. The zero-order chi connectivity index (χ0) is 20.3. The van der Waals surface area contributed by atoms with E-state index in [1.54, 1.807) is 12.1 Å². The Hall–Kier alpha value is -2.75. The van der Waals surface area contributed by atoms with Crippen LogP contribution in [0.2, 0.25) is 0 Å². The van der Waals surface area contributed by atoms with Gasteiger partial charge in [-0.2, -0.15) is 0 Å². The second-order valence-corrected chi connectivity index (χ2v) is 7.18. The molecule has 3 rings (SSSR count). The Kier molecular flexibility index (Phi) is 6.08. The lowest BCUT2D eigenvalue weighted by atomic mass is 10.0. The normalized spacial score (nSPS) is 18.8. The van der Waals surface area contributed by atoms with Gasteiger partial charge in [-0.1, -0.05) is 22.0 Å². The van der Waals surface area contributed by atoms with E-state index >= 15 is 0 Å². The summed E-state index contributed by atoms with van der Waals surface area (Å²) in [5.41, 5.74) is 0.868. The smallest absolute Gasteiger partial charge is 0.264 e. The number of hydrogen-bond acceptors (Lipinski definition) is 6. The number of halogens is 1. The van der Waals surface area contributed by atoms with Crippen molar-refractivity contribution in [1.82, 2.24) is 15.5 Å². The van der Waals surface area contributed by atoms with Crippen molar-refractivity contribution in [2.75, 3.05) is 23.7 Å². The monoisotopic (exact) mass is 450 g/mol. The zero-order valence-corrected chi connectivity index (χ0v) is 16.5. The van der Waals surface area contributed by atoms with Gasteiger partial charge in [0.1, 0.15) is 6.04 Å². The average Bonchev–Trinajstić information content (AvgIpc) is 2.91. The molecule has 1 aromatic carbocycles. The Morgan fingerprint density at radius 2 is 1.96 bits per heavy atom. The quantitative estimate of drug-likeness (QED) is 0.313. The number of rotatable bonds is 7. The Balaban J connectivity index is 1.72. The predicted molar refractivity (Wildman–Crippen MR) is 103 cm³/mol. The number of nitrogens with zero attached hydrogens (tertiary/aromatic N) is 1. The number of benzene rings is 1. The minimum atomic E-state index is -0.999. The highest BCUT2D eigenvalue weighted by Gasteiger charge is 2.45. The molecule has 9 nitrogen and oxygen atoms in total. The van der Waals surface area contributed by atoms with Crippen molar-refractivity contribution in [2.45, 2.75) is 25.3 Å². The number of alkyl halides is 1. The summed E-state index contributed by atoms with van der Waals surface area (Å²) in [6, 6.07) is 3.84. The van der Waals surface area contributed by atoms with Gasteiger partial charge in [-0.25, -0.2) is 0 Å². The molecule has 0 aliphatic carbocycles. The summed E-state index contributed by atoms with van der Waals surface area (Å²) in [5.74, 6) is -2.27. The number of fused-ring (bicyclic) bond motifs is 1. The predicted octanol–water partition coefficient (Wildman–Crippen LogP) is 0.401. The first kappa shape index (κ1) is 20.0. The third kappa shape index (κ3) is 3.91. The number of nitrogens with one attached hydrogen (secondary N) is 3. The summed E-state index contributed by atoms with van der Waals surface area (Å²) in [4.78, 5) is 61.5. The van der Waals surface area contributed by atoms with Crippen LogP contribution in [0.1, 0.15) is 40.0 Å². The third-order valence-electron chi connectivity index (χ3n) is 4.55. The van der Waals surface area contributed by atoms with E-state index in [1.165, 1.54) is 6.07 Å². The van der Waals surface area contributed by atoms with Gasteiger partial charge in [0, 0.05) is 36.9 Å². The van der Waals surface area contributed by atoms with Crippen molar-refractivity contribution in [3.63, 3.8) is 0 Å². The summed E-state index contributed by atoms with van der Waals surface area (Å²) < 4.78 is 0. The van der Waals surface area contributed by atoms with Gasteiger partial charge in [-0.15, -0.1) is 0 Å². The van der Waals surface area contributed by atoms with E-state index in [-0.39, 0.29) is 29.9 Å². The minimum Gasteiger partial charge on any atom is -0.383 e. The summed E-state index contributed by atoms with van der Waals surface area (Å²) in [5, 5.41) is 8.53. The summed E-state index contributed by atoms with van der Waals surface area (Å²) in [6.45, 7) is 0.721. The van der Waals surface area contributed by atoms with E-state index in [2.05, 4.69) is 31.9 Å². The number of carbonyl (C=O) groups excluding carboxylic acids is 5. The van der Waals surface area contributed by atoms with E-state index in [0.717, 1.165) is 4.90 Å². The highest BCUT2D eigenvalue weighted by atomic mass is 79.9. The molecule has 1 saturated heterocycles. The van der Waals surface area contributed by atoms with E-state index in [0.29, 0.717) is 30.5 Å². The maximum absolute atomic E-state index is 12.9. The lowest BCUT2D eigenvalue weighted by Crippen LogP contribution is -2.54. The van der Waals surface area contributed by atoms with Gasteiger partial charge in [-0.05, 0) is 18.6 Å². The van der Waals surface area contributed by atoms with Gasteiger partial charge in [0.15, 0.2) is 0 Å². The van der Waals surface area contributed by atoms with Crippen LogP contribution in [0.5, 0.6) is 0 Å². The highest BCUT2D eigenvalue weighted by molar-refractivity contribution is 9.09. The molecule has 0 radical (unpaired) electrons. The van der Waals surface area contributed by atoms with Crippen LogP contribution in [0.15, 0.2) is 18.2 Å². The fourth-order valence-corrected chi connectivity index (χ4v) is 3.60. The lowest BCUT2D eigenvalue weighted by molar-refractivity contribution is -0.136. The van der Waals surface area contributed by atoms with Crippen molar-refractivity contribution >= 4 is 51.2 Å². The van der Waals surface area contributed by atoms with Crippen molar-refractivity contribution in [2.24, 2.45) is 0 Å². The topological polar surface area (TPSA) is 125 Å². The van der Waals surface area contributed by atoms with E-state index < -0.39 is 29.7 Å². The van der Waals surface area contributed by atoms with Crippen LogP contribution < -0.4 is 16.0 Å². The summed E-state index contributed by atoms with van der Waals surface area (Å²) in [7, 11) is 0. The first-order chi connectivity index (χ1) is 13.4. The lowest BCUT2D eigenvalue weighted by Gasteiger charge is -2.27. The third-order valence-corrected chi connectivity index (χ3v) is 4.95. The molecule has 28 heavy (non-hydrogen) atoms. The Morgan fingerprint density at radius 1 is 1.18 bits per heavy atom. The molecule has 2 aliphatic heterocycles. The number of imide groups is 2. The van der Waals surface area contributed by atoms with Gasteiger partial charge >= 0.3 is 0 Å². The molecule has 0 bridgehead atoms. The fraction of sp³-hybridized carbons (Fsp3) is 0.389. The first-order valence-corrected chi connectivity index (χ1v) is 9.97. The van der Waals surface area contributed by atoms with Crippen molar-refractivity contribution in [1.29, 1.82) is 0 Å². The average molecular weight is 451 g/mol. The van der Waals surface area contributed by atoms with Crippen molar-refractivity contribution in [3.8, 4) is 0 Å². The Bertz CT molecular complexity index is 856. The van der Waals surface area contributed by atoms with Crippen molar-refractivity contribution in [3.05, 3.63) is 29.3 Å². The largest absolute Gasteiger partial charge is 0.383 e. The Labute approximate surface area is 169 Å². The number of carbonyl (C=O) groups is 5. The second kappa shape index (κ2) is 8.51. The standard InChI is InChI=1S/C18H19BrN4O5/c19-7-6-13(24)21-9-8-20-11-3-1-2-10-15(11)18(28)23(17(10)27)12-4-5-14(25)22-16(12)26/h1-3,12,20H,4-9H2,(H,21,24)(H,22,25,26). The number of hydrogen-bond donors (Lipinski definition) is 3. The van der Waals surface area contributed by atoms with Gasteiger partial charge in [0.05, 0.1) is 11.1 Å². The minimum absolute atomic E-state index is 0.0724. The Morgan fingerprint density at radius 3 is 2.68 bits per heavy atom. The molecule has 10 heteroatoms. The van der Waals surface area contributed by atoms with E-state index in [4.69, 9.17) is 0 Å². The molecule has 2 heterocycles.